The highest BCUT2D eigenvalue weighted by atomic mass is 31.1. The van der Waals surface area contributed by atoms with Gasteiger partial charge < -0.3 is 21.9 Å². The molecule has 2 aromatic rings. The largest absolute Gasteiger partial charge is 0.496 e. The van der Waals surface area contributed by atoms with Crippen LogP contribution in [0.25, 0.3) is 0 Å². The molecule has 0 amide bonds. The second-order valence-electron chi connectivity index (χ2n) is 9.60. The lowest BCUT2D eigenvalue weighted by Crippen LogP contribution is -2.30. The van der Waals surface area contributed by atoms with Crippen molar-refractivity contribution >= 4 is 27.8 Å². The van der Waals surface area contributed by atoms with Crippen molar-refractivity contribution in [2.45, 2.75) is 71.1 Å². The molecule has 1 aliphatic rings. The second-order valence-corrected chi connectivity index (χ2v) is 13.7. The van der Waals surface area contributed by atoms with Gasteiger partial charge in [-0.3, -0.25) is 0 Å². The van der Waals surface area contributed by atoms with Gasteiger partial charge in [0.05, 0.1) is 0 Å². The van der Waals surface area contributed by atoms with Gasteiger partial charge in [-0.1, -0.05) is 91.8 Å². The van der Waals surface area contributed by atoms with E-state index in [4.69, 9.17) is 4.74 Å². The molecule has 2 aromatic carbocycles. The average Bonchev–Trinajstić information content (AvgIpc) is 2.46. The van der Waals surface area contributed by atoms with E-state index in [1.54, 1.807) is 0 Å². The Morgan fingerprint density at radius 3 is 1.42 bits per heavy atom. The van der Waals surface area contributed by atoms with E-state index >= 15 is 0 Å². The van der Waals surface area contributed by atoms with Gasteiger partial charge in [0.15, 0.2) is 0 Å². The first-order valence-corrected chi connectivity index (χ1v) is 11.1. The summed E-state index contributed by atoms with van der Waals surface area (Å²) in [5.41, 5.74) is 2.53. The molecule has 0 saturated heterocycles. The van der Waals surface area contributed by atoms with E-state index in [-0.39, 0.29) is 15.7 Å². The van der Waals surface area contributed by atoms with Gasteiger partial charge in [0.2, 0.25) is 0 Å². The summed E-state index contributed by atoms with van der Waals surface area (Å²) in [6.45, 7) is 18.3. The van der Waals surface area contributed by atoms with Gasteiger partial charge >= 0.3 is 0 Å². The van der Waals surface area contributed by atoms with Gasteiger partial charge in [0.1, 0.15) is 11.5 Å². The van der Waals surface area contributed by atoms with Crippen LogP contribution >= 0.6 is 17.2 Å². The summed E-state index contributed by atoms with van der Waals surface area (Å²) in [6, 6.07) is 13.3. The number of ether oxygens (including phenoxy) is 1. The lowest BCUT2D eigenvalue weighted by Gasteiger charge is -2.44. The van der Waals surface area contributed by atoms with Crippen LogP contribution in [-0.4, -0.2) is 10.3 Å². The summed E-state index contributed by atoms with van der Waals surface area (Å²) in [4.78, 5) is 0. The van der Waals surface area contributed by atoms with Gasteiger partial charge in [-0.25, -0.2) is 0 Å². The lowest BCUT2D eigenvalue weighted by molar-refractivity contribution is 0.424. The zero-order valence-electron chi connectivity index (χ0n) is 17.3. The quantitative estimate of drug-likeness (QED) is 0.514. The van der Waals surface area contributed by atoms with Crippen LogP contribution in [0, 0.1) is 0 Å². The van der Waals surface area contributed by atoms with Crippen LogP contribution in [0.2, 0.25) is 0 Å². The van der Waals surface area contributed by atoms with Crippen molar-refractivity contribution in [2.75, 3.05) is 0 Å². The fourth-order valence-electron chi connectivity index (χ4n) is 3.39. The second kappa shape index (κ2) is 6.61. The number of hydrogen-bond donors (Lipinski definition) is 0. The fourth-order valence-corrected chi connectivity index (χ4v) is 5.70. The number of rotatable bonds is 2. The van der Waals surface area contributed by atoms with Crippen molar-refractivity contribution in [3.8, 4) is 11.5 Å². The molecule has 0 atom stereocenters. The third-order valence-electron chi connectivity index (χ3n) is 4.45. The average molecular weight is 384 g/mol. The monoisotopic (exact) mass is 384 g/mol. The summed E-state index contributed by atoms with van der Waals surface area (Å²) < 4.78 is 6.65. The number of fused-ring (bicyclic) bond motifs is 2. The maximum Gasteiger partial charge on any atom is 0.104 e. The number of hydrogen-bond acceptors (Lipinski definition) is 1. The van der Waals surface area contributed by atoms with E-state index in [9.17, 15) is 0 Å². The minimum absolute atomic E-state index is 0.0598. The van der Waals surface area contributed by atoms with Crippen molar-refractivity contribution in [1.82, 2.24) is 0 Å². The molecule has 0 aliphatic carbocycles. The van der Waals surface area contributed by atoms with E-state index in [2.05, 4.69) is 91.8 Å². The minimum Gasteiger partial charge on any atom is -0.496 e. The Balaban J connectivity index is 2.16. The summed E-state index contributed by atoms with van der Waals surface area (Å²) in [5, 5.41) is 2.98. The van der Waals surface area contributed by atoms with Gasteiger partial charge in [-0.15, -0.1) is 0 Å². The molecule has 0 unspecified atom stereocenters. The number of benzene rings is 2. The molecule has 0 aromatic heterocycles. The highest BCUT2D eigenvalue weighted by Gasteiger charge is 2.34. The summed E-state index contributed by atoms with van der Waals surface area (Å²) in [7, 11) is 2.61. The summed E-state index contributed by atoms with van der Waals surface area (Å²) >= 11 is 0. The summed E-state index contributed by atoms with van der Waals surface area (Å²) in [6.07, 6.45) is 0. The predicted molar refractivity (Wildman–Crippen MR) is 118 cm³/mol. The zero-order valence-corrected chi connectivity index (χ0v) is 19.1. The lowest BCUT2D eigenvalue weighted by atomic mass is 9.76. The Labute approximate surface area is 162 Å². The van der Waals surface area contributed by atoms with Crippen LogP contribution in [0.1, 0.15) is 66.5 Å². The third-order valence-corrected chi connectivity index (χ3v) is 6.98. The van der Waals surface area contributed by atoms with Gasteiger partial charge in [-0.05, 0) is 0 Å². The molecule has 1 nitrogen and oxygen atoms in total. The molecule has 1 heterocycles. The van der Waals surface area contributed by atoms with E-state index in [1.807, 2.05) is 0 Å². The molecule has 26 heavy (non-hydrogen) atoms. The highest BCUT2D eigenvalue weighted by molar-refractivity contribution is 7.49. The zero-order chi connectivity index (χ0) is 19.3. The van der Waals surface area contributed by atoms with Crippen molar-refractivity contribution in [2.24, 2.45) is 0 Å². The molecule has 3 heteroatoms. The van der Waals surface area contributed by atoms with Crippen LogP contribution < -0.4 is 15.3 Å². The van der Waals surface area contributed by atoms with Gasteiger partial charge in [0.25, 0.3) is 0 Å². The Morgan fingerprint density at radius 1 is 0.692 bits per heavy atom. The van der Waals surface area contributed by atoms with Crippen molar-refractivity contribution in [1.29, 1.82) is 0 Å². The Kier molecular flexibility index (Phi) is 5.05. The molecule has 140 valence electrons. The highest BCUT2D eigenvalue weighted by Crippen LogP contribution is 2.50. The van der Waals surface area contributed by atoms with Crippen LogP contribution in [0.15, 0.2) is 36.4 Å². The van der Waals surface area contributed by atoms with Crippen LogP contribution in [0.5, 0.6) is 11.5 Å². The van der Waals surface area contributed by atoms with Crippen molar-refractivity contribution < 1.29 is 4.74 Å². The standard InChI is InChI=1S/C23H30OP2/c1-21(2,3)25-17-13-9-11-15-19(17)24-20-16(23(15,7)8)12-10-14-18(20)26-22(4,5)6/h9-14H,1-8H3/q-2. The molecule has 0 radical (unpaired) electrons. The molecule has 0 N–H and O–H groups in total. The van der Waals surface area contributed by atoms with E-state index in [1.165, 1.54) is 38.9 Å². The molecule has 1 aliphatic heterocycles. The van der Waals surface area contributed by atoms with Crippen molar-refractivity contribution in [3.05, 3.63) is 47.5 Å². The maximum atomic E-state index is 6.65. The molecular weight excluding hydrogens is 354 g/mol. The minimum atomic E-state index is -0.0598. The SMILES string of the molecule is CC(C)(C)[P-]c1cccc2c1Oc1c([P-]C(C)(C)C)cccc1C2(C)C. The van der Waals surface area contributed by atoms with E-state index < -0.39 is 0 Å². The summed E-state index contributed by atoms with van der Waals surface area (Å²) in [5.74, 6) is 2.14. The van der Waals surface area contributed by atoms with Gasteiger partial charge in [0, 0.05) is 16.5 Å². The van der Waals surface area contributed by atoms with E-state index in [0.29, 0.717) is 0 Å². The third kappa shape index (κ3) is 4.00. The van der Waals surface area contributed by atoms with Crippen LogP contribution in [0.4, 0.5) is 0 Å². The Morgan fingerprint density at radius 2 is 1.08 bits per heavy atom. The van der Waals surface area contributed by atoms with Crippen LogP contribution in [-0.2, 0) is 5.41 Å². The predicted octanol–water partition coefficient (Wildman–Crippen LogP) is 6.86. The smallest absolute Gasteiger partial charge is 0.104 e. The Hall–Kier alpha value is -0.900. The molecule has 3 rings (SSSR count). The van der Waals surface area contributed by atoms with Crippen molar-refractivity contribution in [3.63, 3.8) is 0 Å². The first-order valence-electron chi connectivity index (χ1n) is 9.29. The molecule has 0 fully saturated rings. The molecule has 0 saturated carbocycles. The molecular formula is C23H30OP2-2. The maximum absolute atomic E-state index is 6.65. The topological polar surface area (TPSA) is 9.23 Å². The van der Waals surface area contributed by atoms with Gasteiger partial charge in [-0.2, -0.15) is 20.9 Å². The molecule has 0 spiro atoms. The first-order chi connectivity index (χ1) is 11.9. The number of para-hydroxylation sites is 2. The normalized spacial score (nSPS) is 16.8. The fraction of sp³-hybridized carbons (Fsp3) is 0.478. The Bertz CT molecular complexity index is 756. The van der Waals surface area contributed by atoms with E-state index in [0.717, 1.165) is 11.5 Å². The molecule has 0 bridgehead atoms. The first kappa shape index (κ1) is 19.9. The van der Waals surface area contributed by atoms with Crippen LogP contribution in [0.3, 0.4) is 0 Å².